The highest BCUT2D eigenvalue weighted by molar-refractivity contribution is 7.89. The molecule has 1 amide bonds. The zero-order valence-electron chi connectivity index (χ0n) is 19.1. The Labute approximate surface area is 186 Å². The molecule has 0 aliphatic carbocycles. The minimum Gasteiger partial charge on any atom is -0.339 e. The first-order chi connectivity index (χ1) is 14.7. The highest BCUT2D eigenvalue weighted by Gasteiger charge is 2.59. The second kappa shape index (κ2) is 8.45. The summed E-state index contributed by atoms with van der Waals surface area (Å²) in [5.74, 6) is 0.592. The zero-order chi connectivity index (χ0) is 22.3. The van der Waals surface area contributed by atoms with E-state index in [1.807, 2.05) is 38.1 Å². The van der Waals surface area contributed by atoms with Crippen molar-refractivity contribution in [3.8, 4) is 0 Å². The molecule has 0 unspecified atom stereocenters. The molecule has 0 aromatic carbocycles. The van der Waals surface area contributed by atoms with E-state index in [0.29, 0.717) is 13.1 Å². The van der Waals surface area contributed by atoms with Crippen LogP contribution in [0.15, 0.2) is 24.5 Å². The van der Waals surface area contributed by atoms with E-state index in [4.69, 9.17) is 0 Å². The van der Waals surface area contributed by atoms with Gasteiger partial charge in [-0.15, -0.1) is 0 Å². The van der Waals surface area contributed by atoms with Crippen molar-refractivity contribution < 1.29 is 13.2 Å². The van der Waals surface area contributed by atoms with E-state index >= 15 is 0 Å². The minimum atomic E-state index is -3.21. The standard InChI is InChI=1S/C23H36N4O3S/c1-19(2)17-31(29,30)27-13-8-23(9-14-27)18-22(21(28)25(23)3)6-11-26(12-7-22)16-20-5-4-10-24-15-20/h4-5,10,15,19H,6-9,11-14,16-18H2,1-3H3. The van der Waals surface area contributed by atoms with Crippen LogP contribution in [0.25, 0.3) is 0 Å². The number of amides is 1. The lowest BCUT2D eigenvalue weighted by Crippen LogP contribution is -2.53. The van der Waals surface area contributed by atoms with Gasteiger partial charge < -0.3 is 4.90 Å². The number of aromatic nitrogens is 1. The van der Waals surface area contributed by atoms with E-state index in [1.54, 1.807) is 10.5 Å². The fourth-order valence-electron chi connectivity index (χ4n) is 5.89. The summed E-state index contributed by atoms with van der Waals surface area (Å²) in [7, 11) is -1.27. The molecule has 172 valence electrons. The maximum atomic E-state index is 13.4. The van der Waals surface area contributed by atoms with Gasteiger partial charge in [-0.1, -0.05) is 19.9 Å². The van der Waals surface area contributed by atoms with Crippen LogP contribution in [0.1, 0.15) is 51.5 Å². The van der Waals surface area contributed by atoms with Gasteiger partial charge in [0, 0.05) is 44.6 Å². The summed E-state index contributed by atoms with van der Waals surface area (Å²) < 4.78 is 27.0. The van der Waals surface area contributed by atoms with Gasteiger partial charge >= 0.3 is 0 Å². The number of rotatable bonds is 5. The summed E-state index contributed by atoms with van der Waals surface area (Å²) in [5, 5.41) is 0. The van der Waals surface area contributed by atoms with E-state index in [9.17, 15) is 13.2 Å². The molecule has 3 aliphatic heterocycles. The van der Waals surface area contributed by atoms with Crippen LogP contribution in [0, 0.1) is 11.3 Å². The topological polar surface area (TPSA) is 73.8 Å². The first-order valence-corrected chi connectivity index (χ1v) is 13.1. The molecule has 4 rings (SSSR count). The Hall–Kier alpha value is -1.51. The second-order valence-electron chi connectivity index (χ2n) is 10.3. The molecule has 1 aromatic rings. The first kappa shape index (κ1) is 22.7. The van der Waals surface area contributed by atoms with Crippen LogP contribution in [0.4, 0.5) is 0 Å². The van der Waals surface area contributed by atoms with E-state index in [1.165, 1.54) is 5.56 Å². The fraction of sp³-hybridized carbons (Fsp3) is 0.739. The van der Waals surface area contributed by atoms with Crippen LogP contribution < -0.4 is 0 Å². The van der Waals surface area contributed by atoms with Crippen LogP contribution in [-0.4, -0.2) is 77.9 Å². The molecule has 0 bridgehead atoms. The Morgan fingerprint density at radius 1 is 1.10 bits per heavy atom. The molecule has 3 fully saturated rings. The summed E-state index contributed by atoms with van der Waals surface area (Å²) in [6, 6.07) is 4.07. The van der Waals surface area contributed by atoms with Crippen molar-refractivity contribution in [2.75, 3.05) is 39.0 Å². The second-order valence-corrected chi connectivity index (χ2v) is 12.3. The molecule has 3 aliphatic rings. The van der Waals surface area contributed by atoms with E-state index < -0.39 is 10.0 Å². The van der Waals surface area contributed by atoms with Crippen LogP contribution in [0.2, 0.25) is 0 Å². The lowest BCUT2D eigenvalue weighted by atomic mass is 9.71. The average Bonchev–Trinajstić information content (AvgIpc) is 2.92. The van der Waals surface area contributed by atoms with Gasteiger partial charge in [-0.05, 0) is 62.7 Å². The fourth-order valence-corrected chi connectivity index (χ4v) is 7.69. The molecule has 0 atom stereocenters. The molecule has 8 heteroatoms. The molecular formula is C23H36N4O3S. The summed E-state index contributed by atoms with van der Waals surface area (Å²) >= 11 is 0. The number of likely N-dealkylation sites (tertiary alicyclic amines) is 2. The normalized spacial score (nSPS) is 24.5. The predicted octanol–water partition coefficient (Wildman–Crippen LogP) is 2.35. The Morgan fingerprint density at radius 3 is 2.35 bits per heavy atom. The zero-order valence-corrected chi connectivity index (χ0v) is 19.9. The predicted molar refractivity (Wildman–Crippen MR) is 121 cm³/mol. The third kappa shape index (κ3) is 4.39. The van der Waals surface area contributed by atoms with Crippen molar-refractivity contribution in [3.63, 3.8) is 0 Å². The number of hydrogen-bond donors (Lipinski definition) is 0. The molecule has 0 N–H and O–H groups in total. The van der Waals surface area contributed by atoms with E-state index in [0.717, 1.165) is 51.7 Å². The largest absolute Gasteiger partial charge is 0.339 e. The number of hydrogen-bond acceptors (Lipinski definition) is 5. The van der Waals surface area contributed by atoms with Crippen molar-refractivity contribution in [1.82, 2.24) is 19.1 Å². The average molecular weight is 449 g/mol. The molecule has 0 saturated carbocycles. The summed E-state index contributed by atoms with van der Waals surface area (Å²) in [5.41, 5.74) is 0.741. The van der Waals surface area contributed by atoms with Gasteiger partial charge in [0.15, 0.2) is 0 Å². The number of carbonyl (C=O) groups excluding carboxylic acids is 1. The molecule has 3 saturated heterocycles. The van der Waals surface area contributed by atoms with Gasteiger partial charge in [0.1, 0.15) is 0 Å². The Kier molecular flexibility index (Phi) is 6.18. The van der Waals surface area contributed by atoms with Crippen LogP contribution in [0.3, 0.4) is 0 Å². The number of nitrogens with zero attached hydrogens (tertiary/aromatic N) is 4. The molecule has 7 nitrogen and oxygen atoms in total. The van der Waals surface area contributed by atoms with Crippen LogP contribution in [-0.2, 0) is 21.4 Å². The quantitative estimate of drug-likeness (QED) is 0.691. The lowest BCUT2D eigenvalue weighted by Gasteiger charge is -2.43. The van der Waals surface area contributed by atoms with Gasteiger partial charge in [0.05, 0.1) is 11.2 Å². The lowest BCUT2D eigenvalue weighted by molar-refractivity contribution is -0.139. The SMILES string of the molecule is CC(C)CS(=O)(=O)N1CCC2(CC1)CC1(CCN(Cc3cccnc3)CC1)C(=O)N2C. The van der Waals surface area contributed by atoms with Crippen molar-refractivity contribution >= 4 is 15.9 Å². The van der Waals surface area contributed by atoms with E-state index in [2.05, 4.69) is 16.0 Å². The summed E-state index contributed by atoms with van der Waals surface area (Å²) in [6.45, 7) is 7.64. The Balaban J connectivity index is 1.39. The smallest absolute Gasteiger partial charge is 0.229 e. The van der Waals surface area contributed by atoms with Gasteiger partial charge in [0.25, 0.3) is 0 Å². The molecule has 2 spiro atoms. The third-order valence-electron chi connectivity index (χ3n) is 7.67. The van der Waals surface area contributed by atoms with Gasteiger partial charge in [0.2, 0.25) is 15.9 Å². The molecule has 4 heterocycles. The van der Waals surface area contributed by atoms with Crippen molar-refractivity contribution in [2.45, 2.75) is 58.0 Å². The molecular weight excluding hydrogens is 412 g/mol. The van der Waals surface area contributed by atoms with Crippen LogP contribution >= 0.6 is 0 Å². The Bertz CT molecular complexity index is 887. The highest BCUT2D eigenvalue weighted by Crippen LogP contribution is 2.52. The van der Waals surface area contributed by atoms with Gasteiger partial charge in [-0.3, -0.25) is 14.7 Å². The van der Waals surface area contributed by atoms with Crippen molar-refractivity contribution in [1.29, 1.82) is 0 Å². The molecule has 31 heavy (non-hydrogen) atoms. The number of pyridine rings is 1. The summed E-state index contributed by atoms with van der Waals surface area (Å²) in [6.07, 6.45) is 7.83. The highest BCUT2D eigenvalue weighted by atomic mass is 32.2. The maximum Gasteiger partial charge on any atom is 0.229 e. The molecule has 1 aromatic heterocycles. The maximum absolute atomic E-state index is 13.4. The van der Waals surface area contributed by atoms with E-state index in [-0.39, 0.29) is 28.5 Å². The number of sulfonamides is 1. The van der Waals surface area contributed by atoms with Crippen molar-refractivity contribution in [2.24, 2.45) is 11.3 Å². The summed E-state index contributed by atoms with van der Waals surface area (Å²) in [4.78, 5) is 22.0. The minimum absolute atomic E-state index is 0.122. The Morgan fingerprint density at radius 2 is 1.77 bits per heavy atom. The number of carbonyl (C=O) groups is 1. The third-order valence-corrected chi connectivity index (χ3v) is 9.91. The van der Waals surface area contributed by atoms with Gasteiger partial charge in [-0.2, -0.15) is 0 Å². The molecule has 0 radical (unpaired) electrons. The van der Waals surface area contributed by atoms with Crippen molar-refractivity contribution in [3.05, 3.63) is 30.1 Å². The van der Waals surface area contributed by atoms with Gasteiger partial charge in [-0.25, -0.2) is 12.7 Å². The van der Waals surface area contributed by atoms with Crippen LogP contribution in [0.5, 0.6) is 0 Å². The monoisotopic (exact) mass is 448 g/mol. The first-order valence-electron chi connectivity index (χ1n) is 11.5. The number of piperidine rings is 2.